The van der Waals surface area contributed by atoms with Gasteiger partial charge in [-0.1, -0.05) is 0 Å². The molecular weight excluding hydrogens is 220 g/mol. The summed E-state index contributed by atoms with van der Waals surface area (Å²) in [4.78, 5) is 15.6. The highest BCUT2D eigenvalue weighted by Gasteiger charge is 2.20. The lowest BCUT2D eigenvalue weighted by atomic mass is 10.2. The zero-order valence-corrected chi connectivity index (χ0v) is 10.3. The van der Waals surface area contributed by atoms with Crippen LogP contribution in [0.5, 0.6) is 0 Å². The molecule has 2 amide bonds. The van der Waals surface area contributed by atoms with Crippen LogP contribution in [0.15, 0.2) is 16.7 Å². The van der Waals surface area contributed by atoms with Gasteiger partial charge in [0.15, 0.2) is 0 Å². The Hall–Kier alpha value is -1.49. The fourth-order valence-corrected chi connectivity index (χ4v) is 1.89. The number of urea groups is 1. The molecule has 94 valence electrons. The van der Waals surface area contributed by atoms with Crippen molar-refractivity contribution in [1.29, 1.82) is 0 Å². The van der Waals surface area contributed by atoms with Crippen LogP contribution in [0.2, 0.25) is 0 Å². The number of carbonyl (C=O) groups is 1. The third kappa shape index (κ3) is 2.79. The van der Waals surface area contributed by atoms with Gasteiger partial charge in [0, 0.05) is 25.7 Å². The van der Waals surface area contributed by atoms with E-state index in [9.17, 15) is 4.79 Å². The van der Waals surface area contributed by atoms with Gasteiger partial charge in [-0.3, -0.25) is 0 Å². The summed E-state index contributed by atoms with van der Waals surface area (Å²) in [6, 6.07) is 1.95. The van der Waals surface area contributed by atoms with Crippen LogP contribution in [-0.4, -0.2) is 49.2 Å². The number of hydrogen-bond donors (Lipinski definition) is 0. The monoisotopic (exact) mass is 238 g/mol. The van der Waals surface area contributed by atoms with Crippen LogP contribution in [0.25, 0.3) is 0 Å². The molecule has 0 unspecified atom stereocenters. The number of morpholine rings is 1. The maximum atomic E-state index is 12.1. The normalized spacial score (nSPS) is 16.0. The Morgan fingerprint density at radius 2 is 2.18 bits per heavy atom. The van der Waals surface area contributed by atoms with Gasteiger partial charge >= 0.3 is 6.03 Å². The molecule has 1 aromatic heterocycles. The molecule has 0 atom stereocenters. The van der Waals surface area contributed by atoms with E-state index in [1.54, 1.807) is 11.2 Å². The van der Waals surface area contributed by atoms with E-state index in [4.69, 9.17) is 9.15 Å². The summed E-state index contributed by atoms with van der Waals surface area (Å²) >= 11 is 0. The molecule has 0 aliphatic carbocycles. The summed E-state index contributed by atoms with van der Waals surface area (Å²) in [5, 5.41) is 0. The predicted octanol–water partition coefficient (Wildman–Crippen LogP) is 1.47. The van der Waals surface area contributed by atoms with Crippen LogP contribution >= 0.6 is 0 Å². The van der Waals surface area contributed by atoms with Gasteiger partial charge in [-0.2, -0.15) is 0 Å². The van der Waals surface area contributed by atoms with Crippen molar-refractivity contribution in [2.75, 3.05) is 33.4 Å². The van der Waals surface area contributed by atoms with Crippen molar-refractivity contribution in [3.8, 4) is 0 Å². The van der Waals surface area contributed by atoms with E-state index in [-0.39, 0.29) is 6.03 Å². The van der Waals surface area contributed by atoms with E-state index in [2.05, 4.69) is 0 Å². The first-order valence-electron chi connectivity index (χ1n) is 5.79. The second kappa shape index (κ2) is 5.23. The number of ether oxygens (including phenoxy) is 1. The Labute approximate surface area is 101 Å². The van der Waals surface area contributed by atoms with Crippen LogP contribution in [0, 0.1) is 6.92 Å². The fraction of sp³-hybridized carbons (Fsp3) is 0.583. The van der Waals surface area contributed by atoms with Crippen LogP contribution in [0.4, 0.5) is 4.79 Å². The maximum absolute atomic E-state index is 12.1. The van der Waals surface area contributed by atoms with Crippen molar-refractivity contribution >= 4 is 6.03 Å². The first-order valence-corrected chi connectivity index (χ1v) is 5.79. The SMILES string of the molecule is Cc1occc1CN(C)C(=O)N1CCOCC1. The first-order chi connectivity index (χ1) is 8.18. The van der Waals surface area contributed by atoms with Gasteiger partial charge in [0.25, 0.3) is 0 Å². The lowest BCUT2D eigenvalue weighted by molar-refractivity contribution is 0.0448. The van der Waals surface area contributed by atoms with Crippen LogP contribution < -0.4 is 0 Å². The van der Waals surface area contributed by atoms with Gasteiger partial charge in [-0.25, -0.2) is 4.79 Å². The number of nitrogens with zero attached hydrogens (tertiary/aromatic N) is 2. The van der Waals surface area contributed by atoms with Gasteiger partial charge in [0.05, 0.1) is 26.0 Å². The van der Waals surface area contributed by atoms with E-state index < -0.39 is 0 Å². The summed E-state index contributed by atoms with van der Waals surface area (Å²) in [6.45, 7) is 5.09. The Morgan fingerprint density at radius 3 is 2.76 bits per heavy atom. The van der Waals surface area contributed by atoms with Gasteiger partial charge in [-0.05, 0) is 13.0 Å². The Bertz CT molecular complexity index is 383. The maximum Gasteiger partial charge on any atom is 0.320 e. The van der Waals surface area contributed by atoms with Crippen LogP contribution in [0.3, 0.4) is 0 Å². The molecule has 5 nitrogen and oxygen atoms in total. The van der Waals surface area contributed by atoms with E-state index in [0.29, 0.717) is 32.8 Å². The van der Waals surface area contributed by atoms with E-state index in [1.807, 2.05) is 24.9 Å². The molecule has 0 radical (unpaired) electrons. The molecule has 1 aliphatic heterocycles. The minimum atomic E-state index is 0.0499. The molecule has 0 aromatic carbocycles. The first kappa shape index (κ1) is 12.0. The van der Waals surface area contributed by atoms with E-state index in [0.717, 1.165) is 11.3 Å². The second-order valence-electron chi connectivity index (χ2n) is 4.24. The molecule has 1 saturated heterocycles. The quantitative estimate of drug-likeness (QED) is 0.784. The zero-order valence-electron chi connectivity index (χ0n) is 10.3. The van der Waals surface area contributed by atoms with Crippen molar-refractivity contribution in [2.45, 2.75) is 13.5 Å². The average Bonchev–Trinajstić information content (AvgIpc) is 2.75. The third-order valence-corrected chi connectivity index (χ3v) is 2.98. The van der Waals surface area contributed by atoms with Crippen molar-refractivity contribution in [2.24, 2.45) is 0 Å². The smallest absolute Gasteiger partial charge is 0.320 e. The van der Waals surface area contributed by atoms with Crippen molar-refractivity contribution in [3.05, 3.63) is 23.7 Å². The molecule has 1 aromatic rings. The fourth-order valence-electron chi connectivity index (χ4n) is 1.89. The average molecular weight is 238 g/mol. The van der Waals surface area contributed by atoms with Gasteiger partial charge in [0.1, 0.15) is 5.76 Å². The summed E-state index contributed by atoms with van der Waals surface area (Å²) in [5.74, 6) is 0.867. The topological polar surface area (TPSA) is 45.9 Å². The summed E-state index contributed by atoms with van der Waals surface area (Å²) in [5.41, 5.74) is 1.05. The molecule has 17 heavy (non-hydrogen) atoms. The number of hydrogen-bond acceptors (Lipinski definition) is 3. The molecule has 0 N–H and O–H groups in total. The Morgan fingerprint density at radius 1 is 1.47 bits per heavy atom. The molecule has 0 saturated carbocycles. The number of carbonyl (C=O) groups excluding carboxylic acids is 1. The molecule has 1 aliphatic rings. The highest BCUT2D eigenvalue weighted by molar-refractivity contribution is 5.74. The zero-order chi connectivity index (χ0) is 12.3. The number of furan rings is 1. The predicted molar refractivity (Wildman–Crippen MR) is 62.7 cm³/mol. The molecule has 2 rings (SSSR count). The molecular formula is C12H18N2O3. The van der Waals surface area contributed by atoms with Gasteiger partial charge in [0.2, 0.25) is 0 Å². The van der Waals surface area contributed by atoms with Crippen LogP contribution in [-0.2, 0) is 11.3 Å². The number of aryl methyl sites for hydroxylation is 1. The van der Waals surface area contributed by atoms with Gasteiger partial charge < -0.3 is 19.0 Å². The minimum Gasteiger partial charge on any atom is -0.469 e. The molecule has 1 fully saturated rings. The van der Waals surface area contributed by atoms with E-state index in [1.165, 1.54) is 0 Å². The standard InChI is InChI=1S/C12H18N2O3/c1-10-11(3-6-17-10)9-13(2)12(15)14-4-7-16-8-5-14/h3,6H,4-5,7-9H2,1-2H3. The lowest BCUT2D eigenvalue weighted by Crippen LogP contribution is -2.46. The lowest BCUT2D eigenvalue weighted by Gasteiger charge is -2.30. The summed E-state index contributed by atoms with van der Waals surface area (Å²) in [7, 11) is 1.81. The minimum absolute atomic E-state index is 0.0499. The number of rotatable bonds is 2. The highest BCUT2D eigenvalue weighted by atomic mass is 16.5. The molecule has 2 heterocycles. The molecule has 0 spiro atoms. The Kier molecular flexibility index (Phi) is 3.68. The van der Waals surface area contributed by atoms with Crippen molar-refractivity contribution in [3.63, 3.8) is 0 Å². The van der Waals surface area contributed by atoms with Crippen molar-refractivity contribution < 1.29 is 13.9 Å². The summed E-state index contributed by atoms with van der Waals surface area (Å²) < 4.78 is 10.4. The number of amides is 2. The summed E-state index contributed by atoms with van der Waals surface area (Å²) in [6.07, 6.45) is 1.65. The van der Waals surface area contributed by atoms with Gasteiger partial charge in [-0.15, -0.1) is 0 Å². The highest BCUT2D eigenvalue weighted by Crippen LogP contribution is 2.12. The second-order valence-corrected chi connectivity index (χ2v) is 4.24. The molecule has 5 heteroatoms. The molecule has 0 bridgehead atoms. The third-order valence-electron chi connectivity index (χ3n) is 2.98. The van der Waals surface area contributed by atoms with E-state index >= 15 is 0 Å². The largest absolute Gasteiger partial charge is 0.469 e. The van der Waals surface area contributed by atoms with Crippen LogP contribution in [0.1, 0.15) is 11.3 Å². The van der Waals surface area contributed by atoms with Crippen molar-refractivity contribution in [1.82, 2.24) is 9.80 Å². The Balaban J connectivity index is 1.93.